The average Bonchev–Trinajstić information content (AvgIpc) is 2.98. The molecule has 0 aromatic heterocycles. The van der Waals surface area contributed by atoms with E-state index in [4.69, 9.17) is 4.74 Å². The Morgan fingerprint density at radius 2 is 1.24 bits per heavy atom. The van der Waals surface area contributed by atoms with Gasteiger partial charge in [0.1, 0.15) is 12.4 Å². The van der Waals surface area contributed by atoms with E-state index in [-0.39, 0.29) is 5.16 Å². The molecule has 0 bridgehead atoms. The smallest absolute Gasteiger partial charge is 0.126 e. The fraction of sp³-hybridized carbons (Fsp3) is 0.211. The first-order valence-electron chi connectivity index (χ1n) is 14.3. The molecule has 0 aliphatic carbocycles. The van der Waals surface area contributed by atoms with Gasteiger partial charge in [-0.3, -0.25) is 0 Å². The summed E-state index contributed by atoms with van der Waals surface area (Å²) in [4.78, 5) is 0. The average molecular weight is 575 g/mol. The van der Waals surface area contributed by atoms with E-state index in [9.17, 15) is 0 Å². The van der Waals surface area contributed by atoms with Crippen molar-refractivity contribution in [2.75, 3.05) is 0 Å². The van der Waals surface area contributed by atoms with Crippen molar-refractivity contribution in [3.05, 3.63) is 155 Å². The summed E-state index contributed by atoms with van der Waals surface area (Å²) < 4.78 is 6.58. The van der Waals surface area contributed by atoms with E-state index in [0.717, 1.165) is 11.9 Å². The molecule has 41 heavy (non-hydrogen) atoms. The Hall–Kier alpha value is -3.24. The third kappa shape index (κ3) is 7.16. The lowest BCUT2D eigenvalue weighted by Gasteiger charge is -2.31. The van der Waals surface area contributed by atoms with Crippen molar-refractivity contribution in [2.45, 2.75) is 52.5 Å². The lowest BCUT2D eigenvalue weighted by atomic mass is 9.96. The molecule has 208 valence electrons. The van der Waals surface area contributed by atoms with Gasteiger partial charge in [0.2, 0.25) is 0 Å². The number of ether oxygens (including phenoxy) is 1. The van der Waals surface area contributed by atoms with Gasteiger partial charge in [-0.25, -0.2) is 0 Å². The van der Waals surface area contributed by atoms with Gasteiger partial charge in [0.25, 0.3) is 0 Å². The van der Waals surface area contributed by atoms with Crippen molar-refractivity contribution in [3.8, 4) is 5.75 Å². The van der Waals surface area contributed by atoms with E-state index >= 15 is 0 Å². The highest BCUT2D eigenvalue weighted by atomic mass is 31.1. The van der Waals surface area contributed by atoms with Crippen LogP contribution in [0.3, 0.4) is 0 Å². The fourth-order valence-electron chi connectivity index (χ4n) is 5.48. The quantitative estimate of drug-likeness (QED) is 0.151. The van der Waals surface area contributed by atoms with Crippen LogP contribution in [0, 0.1) is 20.8 Å². The van der Waals surface area contributed by atoms with E-state index in [1.807, 2.05) is 0 Å². The summed E-state index contributed by atoms with van der Waals surface area (Å²) in [5.74, 6) is 1.03. The van der Waals surface area contributed by atoms with Crippen LogP contribution in [-0.4, -0.2) is 0 Å². The molecule has 5 aromatic carbocycles. The predicted octanol–water partition coefficient (Wildman–Crippen LogP) is 9.06. The zero-order valence-electron chi connectivity index (χ0n) is 24.8. The molecule has 1 nitrogen and oxygen atoms in total. The molecule has 0 fully saturated rings. The molecule has 0 N–H and O–H groups in total. The standard InChI is InChI=1S/C38H40OP2/c1-28-24-30(3)36(39-26-31-17-9-6-10-18-31)35(25-28)38(4,5)40-37-29(2)16-15-19-32(37)27-41(33-20-11-7-12-21-33)34-22-13-8-14-23-34/h6-25,40H,26-27H2,1-5H3. The van der Waals surface area contributed by atoms with E-state index in [1.165, 1.54) is 49.3 Å². The summed E-state index contributed by atoms with van der Waals surface area (Å²) in [7, 11) is 0.0917. The molecule has 1 atom stereocenters. The maximum atomic E-state index is 6.58. The number of hydrogen-bond donors (Lipinski definition) is 0. The van der Waals surface area contributed by atoms with Crippen LogP contribution < -0.4 is 20.7 Å². The first kappa shape index (κ1) is 29.3. The Kier molecular flexibility index (Phi) is 9.39. The van der Waals surface area contributed by atoms with Crippen molar-refractivity contribution in [3.63, 3.8) is 0 Å². The molecular formula is C38H40OP2. The van der Waals surface area contributed by atoms with E-state index in [2.05, 4.69) is 156 Å². The Bertz CT molecular complexity index is 1540. The summed E-state index contributed by atoms with van der Waals surface area (Å²) in [6.45, 7) is 12.0. The lowest BCUT2D eigenvalue weighted by Crippen LogP contribution is -2.22. The second kappa shape index (κ2) is 13.2. The summed E-state index contributed by atoms with van der Waals surface area (Å²) in [6.07, 6.45) is 1.04. The number of benzene rings is 5. The molecular weight excluding hydrogens is 534 g/mol. The van der Waals surface area contributed by atoms with Gasteiger partial charge in [-0.15, -0.1) is 0 Å². The number of rotatable bonds is 10. The second-order valence-electron chi connectivity index (χ2n) is 11.3. The van der Waals surface area contributed by atoms with Crippen LogP contribution in [0.15, 0.2) is 121 Å². The van der Waals surface area contributed by atoms with Gasteiger partial charge < -0.3 is 4.74 Å². The molecule has 0 saturated heterocycles. The monoisotopic (exact) mass is 574 g/mol. The van der Waals surface area contributed by atoms with Crippen LogP contribution in [0.4, 0.5) is 0 Å². The Balaban J connectivity index is 1.50. The minimum Gasteiger partial charge on any atom is -0.488 e. The molecule has 0 saturated carbocycles. The van der Waals surface area contributed by atoms with Gasteiger partial charge in [-0.05, 0) is 66.9 Å². The highest BCUT2D eigenvalue weighted by Gasteiger charge is 2.29. The maximum Gasteiger partial charge on any atom is 0.126 e. The molecule has 0 spiro atoms. The van der Waals surface area contributed by atoms with Gasteiger partial charge in [0, 0.05) is 16.9 Å². The normalized spacial score (nSPS) is 11.9. The largest absolute Gasteiger partial charge is 0.488 e. The van der Waals surface area contributed by atoms with Crippen molar-refractivity contribution in [2.24, 2.45) is 0 Å². The highest BCUT2D eigenvalue weighted by Crippen LogP contribution is 2.48. The van der Waals surface area contributed by atoms with Gasteiger partial charge in [-0.2, -0.15) is 0 Å². The minimum atomic E-state index is -0.520. The Morgan fingerprint density at radius 1 is 0.659 bits per heavy atom. The molecule has 0 radical (unpaired) electrons. The molecule has 0 aliphatic heterocycles. The Labute approximate surface area is 249 Å². The van der Waals surface area contributed by atoms with Crippen molar-refractivity contribution < 1.29 is 4.74 Å². The van der Waals surface area contributed by atoms with E-state index < -0.39 is 7.92 Å². The SMILES string of the molecule is Cc1cc(C)c(OCc2ccccc2)c(C(C)(C)Pc2c(C)cccc2CP(c2ccccc2)c2ccccc2)c1. The Morgan fingerprint density at radius 3 is 1.85 bits per heavy atom. The zero-order valence-corrected chi connectivity index (χ0v) is 26.7. The third-order valence-electron chi connectivity index (χ3n) is 7.58. The van der Waals surface area contributed by atoms with Gasteiger partial charge in [0.05, 0.1) is 0 Å². The first-order chi connectivity index (χ1) is 19.8. The topological polar surface area (TPSA) is 9.23 Å². The predicted molar refractivity (Wildman–Crippen MR) is 182 cm³/mol. The van der Waals surface area contributed by atoms with E-state index in [0.29, 0.717) is 15.2 Å². The van der Waals surface area contributed by atoms with Crippen LogP contribution in [0.5, 0.6) is 5.75 Å². The number of hydrogen-bond acceptors (Lipinski definition) is 1. The van der Waals surface area contributed by atoms with Crippen molar-refractivity contribution in [1.29, 1.82) is 0 Å². The third-order valence-corrected chi connectivity index (χ3v) is 11.9. The molecule has 0 heterocycles. The summed E-state index contributed by atoms with van der Waals surface area (Å²) in [5, 5.41) is 4.25. The van der Waals surface area contributed by atoms with Crippen LogP contribution in [0.25, 0.3) is 0 Å². The lowest BCUT2D eigenvalue weighted by molar-refractivity contribution is 0.298. The first-order valence-corrected chi connectivity index (χ1v) is 16.9. The molecule has 0 amide bonds. The van der Waals surface area contributed by atoms with Crippen LogP contribution in [0.2, 0.25) is 0 Å². The van der Waals surface area contributed by atoms with Gasteiger partial charge in [0.15, 0.2) is 0 Å². The molecule has 3 heteroatoms. The van der Waals surface area contributed by atoms with Gasteiger partial charge in [-0.1, -0.05) is 149 Å². The number of aryl methyl sites for hydroxylation is 3. The summed E-state index contributed by atoms with van der Waals surface area (Å²) in [6, 6.07) is 44.1. The highest BCUT2D eigenvalue weighted by molar-refractivity contribution is 7.72. The molecule has 0 aliphatic rings. The fourth-order valence-corrected chi connectivity index (χ4v) is 9.52. The molecule has 5 aromatic rings. The molecule has 1 unspecified atom stereocenters. The van der Waals surface area contributed by atoms with Crippen molar-refractivity contribution in [1.82, 2.24) is 0 Å². The maximum absolute atomic E-state index is 6.58. The summed E-state index contributed by atoms with van der Waals surface area (Å²) >= 11 is 0. The molecule has 5 rings (SSSR count). The minimum absolute atomic E-state index is 0.0914. The van der Waals surface area contributed by atoms with Gasteiger partial charge >= 0.3 is 0 Å². The van der Waals surface area contributed by atoms with Crippen molar-refractivity contribution >= 4 is 32.4 Å². The van der Waals surface area contributed by atoms with Crippen LogP contribution >= 0.6 is 16.5 Å². The van der Waals surface area contributed by atoms with Crippen LogP contribution in [0.1, 0.15) is 47.2 Å². The summed E-state index contributed by atoms with van der Waals surface area (Å²) in [5.41, 5.74) is 7.81. The second-order valence-corrected chi connectivity index (χ2v) is 15.6. The van der Waals surface area contributed by atoms with E-state index in [1.54, 1.807) is 0 Å². The van der Waals surface area contributed by atoms with Crippen LogP contribution in [-0.2, 0) is 17.9 Å². The zero-order chi connectivity index (χ0) is 28.8.